The fourth-order valence-corrected chi connectivity index (χ4v) is 2.36. The van der Waals surface area contributed by atoms with Crippen molar-refractivity contribution in [2.75, 3.05) is 18.1 Å². The van der Waals surface area contributed by atoms with Gasteiger partial charge in [0.1, 0.15) is 11.6 Å². The second-order valence-electron chi connectivity index (χ2n) is 4.91. The zero-order chi connectivity index (χ0) is 17.5. The van der Waals surface area contributed by atoms with Crippen LogP contribution in [-0.2, 0) is 4.79 Å². The number of benzene rings is 2. The minimum absolute atomic E-state index is 0.0405. The molecule has 0 atom stereocenters. The molecule has 4 nitrogen and oxygen atoms in total. The van der Waals surface area contributed by atoms with Gasteiger partial charge in [0, 0.05) is 29.6 Å². The third-order valence-corrected chi connectivity index (χ3v) is 3.93. The summed E-state index contributed by atoms with van der Waals surface area (Å²) in [7, 11) is 0. The first-order chi connectivity index (χ1) is 11.5. The number of nitrogens with one attached hydrogen (secondary N) is 2. The van der Waals surface area contributed by atoms with Crippen LogP contribution < -0.4 is 10.6 Å². The molecule has 0 aliphatic carbocycles. The highest BCUT2D eigenvalue weighted by atomic mass is 32.2. The van der Waals surface area contributed by atoms with Gasteiger partial charge >= 0.3 is 0 Å². The molecule has 0 aromatic heterocycles. The normalized spacial score (nSPS) is 10.3. The standard InChI is InChI=1S/C17H16F2N2O2S/c1-24-13-5-3-12(4-6-13)21-16(22)8-9-20-17(23)14-7-2-11(18)10-15(14)19/h2-7,10H,8-9H2,1H3,(H,20,23)(H,21,22). The van der Waals surface area contributed by atoms with Crippen LogP contribution in [0.25, 0.3) is 0 Å². The van der Waals surface area contributed by atoms with Crippen molar-refractivity contribution in [3.63, 3.8) is 0 Å². The van der Waals surface area contributed by atoms with Crippen LogP contribution in [0, 0.1) is 11.6 Å². The maximum absolute atomic E-state index is 13.5. The second kappa shape index (κ2) is 8.44. The summed E-state index contributed by atoms with van der Waals surface area (Å²) in [6.45, 7) is 0.0460. The lowest BCUT2D eigenvalue weighted by molar-refractivity contribution is -0.116. The minimum Gasteiger partial charge on any atom is -0.351 e. The molecule has 2 amide bonds. The predicted octanol–water partition coefficient (Wildman–Crippen LogP) is 3.45. The lowest BCUT2D eigenvalue weighted by Gasteiger charge is -2.08. The van der Waals surface area contributed by atoms with Gasteiger partial charge in [0.2, 0.25) is 5.91 Å². The quantitative estimate of drug-likeness (QED) is 0.785. The van der Waals surface area contributed by atoms with Gasteiger partial charge in [0.15, 0.2) is 0 Å². The number of carbonyl (C=O) groups excluding carboxylic acids is 2. The minimum atomic E-state index is -0.939. The number of hydrogen-bond acceptors (Lipinski definition) is 3. The topological polar surface area (TPSA) is 58.2 Å². The fourth-order valence-electron chi connectivity index (χ4n) is 1.96. The third kappa shape index (κ3) is 5.06. The highest BCUT2D eigenvalue weighted by molar-refractivity contribution is 7.98. The van der Waals surface area contributed by atoms with E-state index in [9.17, 15) is 18.4 Å². The Balaban J connectivity index is 1.80. The van der Waals surface area contributed by atoms with E-state index in [-0.39, 0.29) is 24.4 Å². The zero-order valence-electron chi connectivity index (χ0n) is 12.9. The van der Waals surface area contributed by atoms with E-state index in [1.54, 1.807) is 23.9 Å². The van der Waals surface area contributed by atoms with Gasteiger partial charge in [-0.2, -0.15) is 0 Å². The summed E-state index contributed by atoms with van der Waals surface area (Å²) in [5, 5.41) is 5.13. The molecule has 0 aliphatic heterocycles. The predicted molar refractivity (Wildman–Crippen MR) is 90.2 cm³/mol. The highest BCUT2D eigenvalue weighted by Gasteiger charge is 2.12. The van der Waals surface area contributed by atoms with Crippen LogP contribution in [0.1, 0.15) is 16.8 Å². The maximum atomic E-state index is 13.5. The van der Waals surface area contributed by atoms with Crippen LogP contribution in [0.3, 0.4) is 0 Å². The Morgan fingerprint density at radius 1 is 1.08 bits per heavy atom. The van der Waals surface area contributed by atoms with Crippen LogP contribution in [-0.4, -0.2) is 24.6 Å². The Morgan fingerprint density at radius 2 is 1.79 bits per heavy atom. The van der Waals surface area contributed by atoms with E-state index in [1.165, 1.54) is 0 Å². The molecule has 7 heteroatoms. The maximum Gasteiger partial charge on any atom is 0.254 e. The van der Waals surface area contributed by atoms with Gasteiger partial charge in [0.25, 0.3) is 5.91 Å². The molecule has 0 bridgehead atoms. The summed E-state index contributed by atoms with van der Waals surface area (Å²) in [6, 6.07) is 10.1. The first-order valence-electron chi connectivity index (χ1n) is 7.17. The van der Waals surface area contributed by atoms with Gasteiger partial charge in [-0.05, 0) is 42.7 Å². The average molecular weight is 350 g/mol. The molecule has 2 rings (SSSR count). The fraction of sp³-hybridized carbons (Fsp3) is 0.176. The number of thioether (sulfide) groups is 1. The van der Waals surface area contributed by atoms with E-state index in [2.05, 4.69) is 10.6 Å². The van der Waals surface area contributed by atoms with E-state index >= 15 is 0 Å². The molecule has 126 valence electrons. The van der Waals surface area contributed by atoms with Crippen molar-refractivity contribution >= 4 is 29.3 Å². The Labute approximate surface area is 142 Å². The van der Waals surface area contributed by atoms with Crippen molar-refractivity contribution in [2.45, 2.75) is 11.3 Å². The van der Waals surface area contributed by atoms with E-state index in [0.29, 0.717) is 11.8 Å². The Bertz CT molecular complexity index is 736. The average Bonchev–Trinajstić information content (AvgIpc) is 2.55. The summed E-state index contributed by atoms with van der Waals surface area (Å²) in [6.07, 6.45) is 2.00. The summed E-state index contributed by atoms with van der Waals surface area (Å²) in [5.74, 6) is -2.65. The third-order valence-electron chi connectivity index (χ3n) is 3.19. The molecule has 0 aliphatic rings. The van der Waals surface area contributed by atoms with Crippen molar-refractivity contribution in [1.82, 2.24) is 5.32 Å². The van der Waals surface area contributed by atoms with Crippen molar-refractivity contribution in [1.29, 1.82) is 0 Å². The second-order valence-corrected chi connectivity index (χ2v) is 5.79. The van der Waals surface area contributed by atoms with Gasteiger partial charge in [-0.25, -0.2) is 8.78 Å². The summed E-state index contributed by atoms with van der Waals surface area (Å²) < 4.78 is 26.3. The number of hydrogen-bond donors (Lipinski definition) is 2. The van der Waals surface area contributed by atoms with E-state index in [4.69, 9.17) is 0 Å². The van der Waals surface area contributed by atoms with Crippen LogP contribution in [0.2, 0.25) is 0 Å². The highest BCUT2D eigenvalue weighted by Crippen LogP contribution is 2.17. The zero-order valence-corrected chi connectivity index (χ0v) is 13.8. The van der Waals surface area contributed by atoms with E-state index in [1.807, 2.05) is 18.4 Å². The Hall–Kier alpha value is -2.41. The molecule has 0 saturated heterocycles. The van der Waals surface area contributed by atoms with Gasteiger partial charge in [-0.1, -0.05) is 0 Å². The van der Waals surface area contributed by atoms with Gasteiger partial charge in [-0.15, -0.1) is 11.8 Å². The summed E-state index contributed by atoms with van der Waals surface area (Å²) in [5.41, 5.74) is 0.401. The van der Waals surface area contributed by atoms with Gasteiger partial charge in [0.05, 0.1) is 5.56 Å². The van der Waals surface area contributed by atoms with Crippen LogP contribution in [0.5, 0.6) is 0 Å². The first kappa shape index (κ1) is 17.9. The smallest absolute Gasteiger partial charge is 0.254 e. The molecule has 0 spiro atoms. The molecule has 2 N–H and O–H groups in total. The molecular weight excluding hydrogens is 334 g/mol. The SMILES string of the molecule is CSc1ccc(NC(=O)CCNC(=O)c2ccc(F)cc2F)cc1. The van der Waals surface area contributed by atoms with Crippen molar-refractivity contribution in [3.8, 4) is 0 Å². The van der Waals surface area contributed by atoms with Gasteiger partial charge < -0.3 is 10.6 Å². The van der Waals surface area contributed by atoms with Crippen LogP contribution >= 0.6 is 11.8 Å². The molecule has 0 unspecified atom stereocenters. The molecule has 2 aromatic carbocycles. The number of rotatable bonds is 6. The van der Waals surface area contributed by atoms with E-state index < -0.39 is 17.5 Å². The lowest BCUT2D eigenvalue weighted by atomic mass is 10.2. The Morgan fingerprint density at radius 3 is 2.42 bits per heavy atom. The first-order valence-corrected chi connectivity index (χ1v) is 8.39. The molecule has 0 fully saturated rings. The number of amides is 2. The molecule has 0 heterocycles. The van der Waals surface area contributed by atoms with Crippen LogP contribution in [0.15, 0.2) is 47.4 Å². The molecule has 24 heavy (non-hydrogen) atoms. The lowest BCUT2D eigenvalue weighted by Crippen LogP contribution is -2.28. The number of anilines is 1. The van der Waals surface area contributed by atoms with Gasteiger partial charge in [-0.3, -0.25) is 9.59 Å². The largest absolute Gasteiger partial charge is 0.351 e. The molecule has 0 radical (unpaired) electrons. The summed E-state index contributed by atoms with van der Waals surface area (Å²) in [4.78, 5) is 24.7. The molecule has 0 saturated carbocycles. The van der Waals surface area contributed by atoms with Crippen LogP contribution in [0.4, 0.5) is 14.5 Å². The molecular formula is C17H16F2N2O2S. The Kier molecular flexibility index (Phi) is 6.31. The monoisotopic (exact) mass is 350 g/mol. The van der Waals surface area contributed by atoms with E-state index in [0.717, 1.165) is 17.0 Å². The van der Waals surface area contributed by atoms with Crippen molar-refractivity contribution in [3.05, 3.63) is 59.7 Å². The van der Waals surface area contributed by atoms with Crippen molar-refractivity contribution < 1.29 is 18.4 Å². The number of carbonyl (C=O) groups is 2. The molecule has 2 aromatic rings. The number of halogens is 2. The van der Waals surface area contributed by atoms with Crippen molar-refractivity contribution in [2.24, 2.45) is 0 Å². The summed E-state index contributed by atoms with van der Waals surface area (Å²) >= 11 is 1.60.